The van der Waals surface area contributed by atoms with E-state index in [0.29, 0.717) is 6.54 Å². The Labute approximate surface area is 145 Å². The molecule has 0 aromatic heterocycles. The molecule has 1 heterocycles. The van der Waals surface area contributed by atoms with Crippen molar-refractivity contribution in [2.24, 2.45) is 0 Å². The summed E-state index contributed by atoms with van der Waals surface area (Å²) in [5.41, 5.74) is 2.30. The van der Waals surface area contributed by atoms with E-state index in [2.05, 4.69) is 11.4 Å². The fraction of sp³-hybridized carbons (Fsp3) is 0.316. The fourth-order valence-corrected chi connectivity index (χ4v) is 2.92. The molecule has 1 saturated heterocycles. The highest BCUT2D eigenvalue weighted by Crippen LogP contribution is 2.10. The summed E-state index contributed by atoms with van der Waals surface area (Å²) in [4.78, 5) is 13.6. The van der Waals surface area contributed by atoms with Crippen LogP contribution >= 0.6 is 0 Å². The lowest BCUT2D eigenvalue weighted by atomic mass is 10.1. The number of halogens is 2. The molecule has 0 saturated carbocycles. The van der Waals surface area contributed by atoms with E-state index in [9.17, 15) is 13.6 Å². The van der Waals surface area contributed by atoms with Crippen molar-refractivity contribution in [1.29, 1.82) is 0 Å². The van der Waals surface area contributed by atoms with Gasteiger partial charge >= 0.3 is 0 Å². The van der Waals surface area contributed by atoms with Crippen LogP contribution in [-0.4, -0.2) is 32.2 Å². The van der Waals surface area contributed by atoms with Crippen molar-refractivity contribution in [3.05, 3.63) is 70.8 Å². The van der Waals surface area contributed by atoms with Gasteiger partial charge in [-0.25, -0.2) is 8.78 Å². The van der Waals surface area contributed by atoms with Crippen LogP contribution in [0.4, 0.5) is 8.78 Å². The maximum Gasteiger partial charge on any atom is 0.251 e. The Morgan fingerprint density at radius 3 is 2.48 bits per heavy atom. The van der Waals surface area contributed by atoms with E-state index in [0.717, 1.165) is 50.5 Å². The van der Waals surface area contributed by atoms with E-state index in [-0.39, 0.29) is 5.56 Å². The summed E-state index contributed by atoms with van der Waals surface area (Å²) in [6, 6.07) is 11.1. The van der Waals surface area contributed by atoms with Gasteiger partial charge in [-0.05, 0) is 23.8 Å². The van der Waals surface area contributed by atoms with E-state index < -0.39 is 17.5 Å². The van der Waals surface area contributed by atoms with Gasteiger partial charge in [-0.15, -0.1) is 0 Å². The first kappa shape index (κ1) is 17.5. The Kier molecular flexibility index (Phi) is 5.73. The monoisotopic (exact) mass is 347 g/mol. The molecule has 6 heteroatoms. The van der Waals surface area contributed by atoms with Crippen LogP contribution in [0, 0.1) is 11.6 Å². The number of hydrogen-bond donors (Lipinski definition) is 2. The van der Waals surface area contributed by atoms with Crippen LogP contribution in [0.2, 0.25) is 0 Å². The molecule has 2 N–H and O–H groups in total. The van der Waals surface area contributed by atoms with Gasteiger partial charge in [0.1, 0.15) is 19.6 Å². The second-order valence-corrected chi connectivity index (χ2v) is 6.12. The minimum atomic E-state index is -1.02. The second-order valence-electron chi connectivity index (χ2n) is 6.12. The zero-order valence-corrected chi connectivity index (χ0v) is 13.9. The van der Waals surface area contributed by atoms with Crippen LogP contribution in [0.1, 0.15) is 21.5 Å². The predicted octanol–water partition coefficient (Wildman–Crippen LogP) is 1.31. The zero-order chi connectivity index (χ0) is 17.6. The highest BCUT2D eigenvalue weighted by atomic mass is 19.2. The molecule has 2 aromatic carbocycles. The lowest BCUT2D eigenvalue weighted by Gasteiger charge is -2.24. The molecule has 2 aromatic rings. The molecule has 1 aliphatic heterocycles. The Morgan fingerprint density at radius 2 is 1.76 bits per heavy atom. The number of nitrogens with one attached hydrogen (secondary N) is 2. The number of carbonyl (C=O) groups is 1. The first-order chi connectivity index (χ1) is 12.1. The standard InChI is InChI=1S/C19H20F2N2O2/c20-17-6-5-14(11-18(17)21)19(24)22-12-15-3-1-2-4-16(15)13-23-7-9-25-10-8-23/h1-6,11H,7-10,12-13H2,(H,22,24)/p+1. The first-order valence-electron chi connectivity index (χ1n) is 8.35. The highest BCUT2D eigenvalue weighted by molar-refractivity contribution is 5.94. The van der Waals surface area contributed by atoms with Gasteiger partial charge in [0, 0.05) is 17.7 Å². The Balaban J connectivity index is 1.64. The number of carbonyl (C=O) groups excluding carboxylic acids is 1. The van der Waals surface area contributed by atoms with E-state index >= 15 is 0 Å². The molecule has 25 heavy (non-hydrogen) atoms. The molecule has 1 amide bonds. The summed E-state index contributed by atoms with van der Waals surface area (Å²) in [6.45, 7) is 4.69. The molecule has 3 rings (SSSR count). The van der Waals surface area contributed by atoms with Crippen LogP contribution in [-0.2, 0) is 17.8 Å². The van der Waals surface area contributed by atoms with Crippen LogP contribution in [0.3, 0.4) is 0 Å². The van der Waals surface area contributed by atoms with Gasteiger partial charge in [0.25, 0.3) is 5.91 Å². The van der Waals surface area contributed by atoms with Crippen LogP contribution < -0.4 is 10.2 Å². The molecular weight excluding hydrogens is 326 g/mol. The molecule has 0 atom stereocenters. The molecule has 0 aliphatic carbocycles. The summed E-state index contributed by atoms with van der Waals surface area (Å²) in [6.07, 6.45) is 0. The van der Waals surface area contributed by atoms with E-state index in [4.69, 9.17) is 4.74 Å². The maximum atomic E-state index is 13.3. The molecule has 0 unspecified atom stereocenters. The number of quaternary nitrogens is 1. The molecule has 0 bridgehead atoms. The highest BCUT2D eigenvalue weighted by Gasteiger charge is 2.16. The Bertz CT molecular complexity index is 746. The maximum absolute atomic E-state index is 13.3. The van der Waals surface area contributed by atoms with E-state index in [1.165, 1.54) is 16.5 Å². The van der Waals surface area contributed by atoms with Gasteiger partial charge in [-0.2, -0.15) is 0 Å². The SMILES string of the molecule is O=C(NCc1ccccc1C[NH+]1CCOCC1)c1ccc(F)c(F)c1. The summed E-state index contributed by atoms with van der Waals surface area (Å²) < 4.78 is 31.6. The van der Waals surface area contributed by atoms with E-state index in [1.54, 1.807) is 0 Å². The summed E-state index contributed by atoms with van der Waals surface area (Å²) in [5, 5.41) is 2.78. The molecular formula is C19H21F2N2O2+. The first-order valence-corrected chi connectivity index (χ1v) is 8.35. The minimum Gasteiger partial charge on any atom is -0.370 e. The van der Waals surface area contributed by atoms with Gasteiger partial charge in [-0.3, -0.25) is 4.79 Å². The van der Waals surface area contributed by atoms with Gasteiger partial charge in [0.05, 0.1) is 13.2 Å². The number of benzene rings is 2. The third-order valence-corrected chi connectivity index (χ3v) is 4.38. The summed E-state index contributed by atoms with van der Waals surface area (Å²) >= 11 is 0. The number of ether oxygens (including phenoxy) is 1. The van der Waals surface area contributed by atoms with Crippen molar-refractivity contribution in [2.75, 3.05) is 26.3 Å². The molecule has 4 nitrogen and oxygen atoms in total. The average Bonchev–Trinajstić information content (AvgIpc) is 2.64. The number of rotatable bonds is 5. The van der Waals surface area contributed by atoms with Crippen molar-refractivity contribution in [1.82, 2.24) is 5.32 Å². The van der Waals surface area contributed by atoms with Crippen molar-refractivity contribution in [3.8, 4) is 0 Å². The van der Waals surface area contributed by atoms with Crippen molar-refractivity contribution in [3.63, 3.8) is 0 Å². The van der Waals surface area contributed by atoms with Crippen LogP contribution in [0.15, 0.2) is 42.5 Å². The third kappa shape index (κ3) is 4.61. The topological polar surface area (TPSA) is 42.8 Å². The number of amides is 1. The predicted molar refractivity (Wildman–Crippen MR) is 89.2 cm³/mol. The molecule has 0 spiro atoms. The average molecular weight is 347 g/mol. The number of hydrogen-bond acceptors (Lipinski definition) is 2. The van der Waals surface area contributed by atoms with Gasteiger partial charge in [0.15, 0.2) is 11.6 Å². The van der Waals surface area contributed by atoms with Crippen molar-refractivity contribution >= 4 is 5.91 Å². The van der Waals surface area contributed by atoms with Gasteiger partial charge in [-0.1, -0.05) is 24.3 Å². The zero-order valence-electron chi connectivity index (χ0n) is 13.9. The smallest absolute Gasteiger partial charge is 0.251 e. The number of morpholine rings is 1. The van der Waals surface area contributed by atoms with Crippen molar-refractivity contribution in [2.45, 2.75) is 13.1 Å². The second kappa shape index (κ2) is 8.18. The van der Waals surface area contributed by atoms with Crippen LogP contribution in [0.25, 0.3) is 0 Å². The van der Waals surface area contributed by atoms with Crippen LogP contribution in [0.5, 0.6) is 0 Å². The Hall–Kier alpha value is -2.31. The fourth-order valence-electron chi connectivity index (χ4n) is 2.92. The van der Waals surface area contributed by atoms with E-state index in [1.807, 2.05) is 18.2 Å². The lowest BCUT2D eigenvalue weighted by Crippen LogP contribution is -3.12. The third-order valence-electron chi connectivity index (χ3n) is 4.38. The quantitative estimate of drug-likeness (QED) is 0.857. The summed E-state index contributed by atoms with van der Waals surface area (Å²) in [5.74, 6) is -2.41. The summed E-state index contributed by atoms with van der Waals surface area (Å²) in [7, 11) is 0. The molecule has 1 aliphatic rings. The molecule has 0 radical (unpaired) electrons. The van der Waals surface area contributed by atoms with Gasteiger partial charge in [0.2, 0.25) is 0 Å². The lowest BCUT2D eigenvalue weighted by molar-refractivity contribution is -0.921. The molecule has 1 fully saturated rings. The minimum absolute atomic E-state index is 0.107. The molecule has 132 valence electrons. The van der Waals surface area contributed by atoms with Crippen molar-refractivity contribution < 1.29 is 23.2 Å². The normalized spacial score (nSPS) is 15.1. The van der Waals surface area contributed by atoms with Gasteiger partial charge < -0.3 is 15.0 Å². The largest absolute Gasteiger partial charge is 0.370 e. The Morgan fingerprint density at radius 1 is 1.04 bits per heavy atom.